The van der Waals surface area contributed by atoms with Crippen molar-refractivity contribution in [3.8, 4) is 0 Å². The largest absolute Gasteiger partial charge is 0.310 e. The lowest BCUT2D eigenvalue weighted by Gasteiger charge is -2.23. The third-order valence-electron chi connectivity index (χ3n) is 4.61. The minimum atomic E-state index is 0.773. The van der Waals surface area contributed by atoms with E-state index >= 15 is 0 Å². The predicted molar refractivity (Wildman–Crippen MR) is 76.8 cm³/mol. The van der Waals surface area contributed by atoms with Gasteiger partial charge in [0.2, 0.25) is 0 Å². The van der Waals surface area contributed by atoms with Crippen molar-refractivity contribution in [2.45, 2.75) is 70.4 Å². The van der Waals surface area contributed by atoms with Crippen LogP contribution in [0.3, 0.4) is 0 Å². The van der Waals surface area contributed by atoms with Crippen molar-refractivity contribution in [3.63, 3.8) is 0 Å². The summed E-state index contributed by atoms with van der Waals surface area (Å²) in [5.74, 6) is 0. The van der Waals surface area contributed by atoms with Crippen LogP contribution in [-0.4, -0.2) is 6.04 Å². The molecule has 1 saturated carbocycles. The van der Waals surface area contributed by atoms with Gasteiger partial charge in [-0.2, -0.15) is 0 Å². The van der Waals surface area contributed by atoms with Gasteiger partial charge in [0.25, 0.3) is 0 Å². The molecule has 0 bridgehead atoms. The van der Waals surface area contributed by atoms with E-state index in [4.69, 9.17) is 0 Å². The maximum Gasteiger partial charge on any atom is 0.0208 e. The maximum absolute atomic E-state index is 3.74. The van der Waals surface area contributed by atoms with Gasteiger partial charge in [-0.25, -0.2) is 0 Å². The van der Waals surface area contributed by atoms with Crippen LogP contribution in [0, 0.1) is 0 Å². The van der Waals surface area contributed by atoms with Crippen molar-refractivity contribution in [3.05, 3.63) is 34.9 Å². The van der Waals surface area contributed by atoms with E-state index in [0.717, 1.165) is 12.6 Å². The molecule has 0 atom stereocenters. The highest BCUT2D eigenvalue weighted by Gasteiger charge is 2.13. The summed E-state index contributed by atoms with van der Waals surface area (Å²) in [5, 5.41) is 3.74. The molecule has 0 aliphatic heterocycles. The summed E-state index contributed by atoms with van der Waals surface area (Å²) in [4.78, 5) is 0. The summed E-state index contributed by atoms with van der Waals surface area (Å²) >= 11 is 0. The smallest absolute Gasteiger partial charge is 0.0208 e. The number of fused-ring (bicyclic) bond motifs is 1. The third kappa shape index (κ3) is 2.95. The normalized spacial score (nSPS) is 20.7. The zero-order valence-corrected chi connectivity index (χ0v) is 11.4. The Hall–Kier alpha value is -0.820. The summed E-state index contributed by atoms with van der Waals surface area (Å²) < 4.78 is 0. The van der Waals surface area contributed by atoms with E-state index in [9.17, 15) is 0 Å². The molecule has 1 aromatic rings. The molecule has 0 spiro atoms. The first-order chi connectivity index (χ1) is 8.92. The fraction of sp³-hybridized carbons (Fsp3) is 0.647. The van der Waals surface area contributed by atoms with Crippen LogP contribution in [0.5, 0.6) is 0 Å². The highest BCUT2D eigenvalue weighted by atomic mass is 14.9. The predicted octanol–water partition coefficient (Wildman–Crippen LogP) is 3.99. The highest BCUT2D eigenvalue weighted by Crippen LogP contribution is 2.23. The molecule has 1 nitrogen and oxygen atoms in total. The average molecular weight is 243 g/mol. The van der Waals surface area contributed by atoms with Crippen LogP contribution in [0.25, 0.3) is 0 Å². The molecule has 1 fully saturated rings. The Balaban J connectivity index is 1.58. The summed E-state index contributed by atoms with van der Waals surface area (Å²) in [6.45, 7) is 1.07. The van der Waals surface area contributed by atoms with E-state index in [1.54, 1.807) is 11.1 Å². The topological polar surface area (TPSA) is 12.0 Å². The minimum absolute atomic E-state index is 0.773. The molecule has 1 heteroatoms. The molecular weight excluding hydrogens is 218 g/mol. The summed E-state index contributed by atoms with van der Waals surface area (Å²) in [7, 11) is 0. The van der Waals surface area contributed by atoms with Crippen LogP contribution in [0.15, 0.2) is 18.2 Å². The van der Waals surface area contributed by atoms with Gasteiger partial charge in [0, 0.05) is 12.6 Å². The van der Waals surface area contributed by atoms with Crippen LogP contribution >= 0.6 is 0 Å². The Kier molecular flexibility index (Phi) is 3.99. The fourth-order valence-corrected chi connectivity index (χ4v) is 3.47. The fourth-order valence-electron chi connectivity index (χ4n) is 3.47. The lowest BCUT2D eigenvalue weighted by atomic mass is 9.90. The zero-order valence-electron chi connectivity index (χ0n) is 11.4. The molecule has 1 aromatic carbocycles. The standard InChI is InChI=1S/C17H25N/c1-2-8-17(9-3-1)18-13-14-10-11-15-6-4-5-7-16(15)12-14/h10-12,17-18H,1-9,13H2. The van der Waals surface area contributed by atoms with Crippen molar-refractivity contribution in [1.82, 2.24) is 5.32 Å². The molecule has 0 amide bonds. The van der Waals surface area contributed by atoms with E-state index in [2.05, 4.69) is 23.5 Å². The Morgan fingerprint density at radius 3 is 2.50 bits per heavy atom. The SMILES string of the molecule is c1cc2c(cc1CNC1CCCCC1)CCCC2. The molecule has 2 aliphatic rings. The van der Waals surface area contributed by atoms with Crippen LogP contribution in [-0.2, 0) is 19.4 Å². The van der Waals surface area contributed by atoms with E-state index in [0.29, 0.717) is 0 Å². The van der Waals surface area contributed by atoms with Crippen molar-refractivity contribution in [2.24, 2.45) is 0 Å². The Morgan fingerprint density at radius 1 is 0.889 bits per heavy atom. The van der Waals surface area contributed by atoms with Gasteiger partial charge in [0.15, 0.2) is 0 Å². The molecule has 0 saturated heterocycles. The summed E-state index contributed by atoms with van der Waals surface area (Å²) in [6.07, 6.45) is 12.4. The number of hydrogen-bond donors (Lipinski definition) is 1. The van der Waals surface area contributed by atoms with Crippen LogP contribution in [0.4, 0.5) is 0 Å². The zero-order chi connectivity index (χ0) is 12.2. The quantitative estimate of drug-likeness (QED) is 0.846. The second-order valence-corrected chi connectivity index (χ2v) is 6.03. The lowest BCUT2D eigenvalue weighted by molar-refractivity contribution is 0.372. The van der Waals surface area contributed by atoms with Crippen molar-refractivity contribution >= 4 is 0 Å². The van der Waals surface area contributed by atoms with Crippen molar-refractivity contribution in [2.75, 3.05) is 0 Å². The second-order valence-electron chi connectivity index (χ2n) is 6.03. The number of nitrogens with one attached hydrogen (secondary N) is 1. The van der Waals surface area contributed by atoms with Gasteiger partial charge in [-0.15, -0.1) is 0 Å². The molecule has 1 N–H and O–H groups in total. The summed E-state index contributed by atoms with van der Waals surface area (Å²) in [5.41, 5.74) is 4.70. The molecule has 2 aliphatic carbocycles. The number of aryl methyl sites for hydroxylation is 2. The molecule has 0 radical (unpaired) electrons. The van der Waals surface area contributed by atoms with Crippen LogP contribution < -0.4 is 5.32 Å². The molecule has 0 unspecified atom stereocenters. The first-order valence-corrected chi connectivity index (χ1v) is 7.76. The molecular formula is C17H25N. The van der Waals surface area contributed by atoms with E-state index < -0.39 is 0 Å². The van der Waals surface area contributed by atoms with Gasteiger partial charge in [-0.3, -0.25) is 0 Å². The maximum atomic E-state index is 3.74. The van der Waals surface area contributed by atoms with Crippen LogP contribution in [0.2, 0.25) is 0 Å². The molecule has 0 aromatic heterocycles. The van der Waals surface area contributed by atoms with E-state index in [-0.39, 0.29) is 0 Å². The minimum Gasteiger partial charge on any atom is -0.310 e. The average Bonchev–Trinajstić information content (AvgIpc) is 2.46. The Bertz CT molecular complexity index is 391. The van der Waals surface area contributed by atoms with Gasteiger partial charge in [-0.1, -0.05) is 37.5 Å². The van der Waals surface area contributed by atoms with Crippen molar-refractivity contribution < 1.29 is 0 Å². The number of hydrogen-bond acceptors (Lipinski definition) is 1. The third-order valence-corrected chi connectivity index (χ3v) is 4.61. The first kappa shape index (κ1) is 12.2. The van der Waals surface area contributed by atoms with Gasteiger partial charge in [-0.05, 0) is 55.2 Å². The second kappa shape index (κ2) is 5.88. The molecule has 98 valence electrons. The molecule has 18 heavy (non-hydrogen) atoms. The van der Waals surface area contributed by atoms with Crippen LogP contribution in [0.1, 0.15) is 61.6 Å². The van der Waals surface area contributed by atoms with Crippen molar-refractivity contribution in [1.29, 1.82) is 0 Å². The molecule has 3 rings (SSSR count). The van der Waals surface area contributed by atoms with Gasteiger partial charge in [0.05, 0.1) is 0 Å². The lowest BCUT2D eigenvalue weighted by Crippen LogP contribution is -2.30. The van der Waals surface area contributed by atoms with Gasteiger partial charge < -0.3 is 5.32 Å². The Morgan fingerprint density at radius 2 is 1.67 bits per heavy atom. The van der Waals surface area contributed by atoms with Gasteiger partial charge >= 0.3 is 0 Å². The number of rotatable bonds is 3. The van der Waals surface area contributed by atoms with Gasteiger partial charge in [0.1, 0.15) is 0 Å². The number of benzene rings is 1. The highest BCUT2D eigenvalue weighted by molar-refractivity contribution is 5.33. The Labute approximate surface area is 111 Å². The summed E-state index contributed by atoms with van der Waals surface area (Å²) in [6, 6.07) is 7.92. The van der Waals surface area contributed by atoms with E-state index in [1.165, 1.54) is 63.4 Å². The molecule has 0 heterocycles. The van der Waals surface area contributed by atoms with E-state index in [1.807, 2.05) is 0 Å². The monoisotopic (exact) mass is 243 g/mol. The first-order valence-electron chi connectivity index (χ1n) is 7.76.